The van der Waals surface area contributed by atoms with E-state index >= 15 is 0 Å². The highest BCUT2D eigenvalue weighted by atomic mass is 19.4. The van der Waals surface area contributed by atoms with E-state index < -0.39 is 36.3 Å². The van der Waals surface area contributed by atoms with Gasteiger partial charge in [0.1, 0.15) is 0 Å². The zero-order chi connectivity index (χ0) is 18.5. The van der Waals surface area contributed by atoms with Crippen molar-refractivity contribution < 1.29 is 40.7 Å². The number of aromatic nitrogens is 2. The maximum Gasteiger partial charge on any atom is 0.470 e. The number of halogens is 6. The minimum Gasteiger partial charge on any atom is -0.413 e. The summed E-state index contributed by atoms with van der Waals surface area (Å²) in [6, 6.07) is 5.07. The van der Waals surface area contributed by atoms with Crippen LogP contribution in [0, 0.1) is 0 Å². The largest absolute Gasteiger partial charge is 0.470 e. The predicted octanol–water partition coefficient (Wildman–Crippen LogP) is 3.13. The Morgan fingerprint density at radius 3 is 2.04 bits per heavy atom. The van der Waals surface area contributed by atoms with Crippen molar-refractivity contribution in [2.75, 3.05) is 0 Å². The lowest BCUT2D eigenvalue weighted by molar-refractivity contribution is -0.355. The Balaban J connectivity index is 1.79. The second-order valence-corrected chi connectivity index (χ2v) is 5.08. The highest BCUT2D eigenvalue weighted by molar-refractivity contribution is 6.01. The van der Waals surface area contributed by atoms with Crippen molar-refractivity contribution >= 4 is 5.71 Å². The van der Waals surface area contributed by atoms with E-state index in [1.807, 2.05) is 0 Å². The summed E-state index contributed by atoms with van der Waals surface area (Å²) in [5.74, 6) is -5.33. The van der Waals surface area contributed by atoms with Crippen molar-refractivity contribution in [1.29, 1.82) is 0 Å². The van der Waals surface area contributed by atoms with Crippen LogP contribution in [0.15, 0.2) is 33.8 Å². The van der Waals surface area contributed by atoms with E-state index in [9.17, 15) is 31.4 Å². The number of oxime groups is 1. The third kappa shape index (κ3) is 3.16. The predicted molar refractivity (Wildman–Crippen MR) is 68.0 cm³/mol. The summed E-state index contributed by atoms with van der Waals surface area (Å²) in [5, 5.41) is 18.7. The average Bonchev–Trinajstić information content (AvgIpc) is 3.14. The molecule has 2 aromatic rings. The van der Waals surface area contributed by atoms with Crippen molar-refractivity contribution in [3.8, 4) is 11.5 Å². The fraction of sp³-hybridized carbons (Fsp3) is 0.308. The van der Waals surface area contributed by atoms with Crippen LogP contribution in [0.5, 0.6) is 0 Å². The lowest BCUT2D eigenvalue weighted by atomic mass is 10.0. The first-order valence-electron chi connectivity index (χ1n) is 6.55. The molecule has 1 N–H and O–H groups in total. The van der Waals surface area contributed by atoms with Gasteiger partial charge in [0.25, 0.3) is 0 Å². The maximum absolute atomic E-state index is 12.7. The molecule has 0 spiro atoms. The van der Waals surface area contributed by atoms with E-state index in [0.717, 1.165) is 0 Å². The van der Waals surface area contributed by atoms with E-state index in [1.54, 1.807) is 0 Å². The van der Waals surface area contributed by atoms with Crippen molar-refractivity contribution in [3.05, 3.63) is 35.7 Å². The van der Waals surface area contributed by atoms with E-state index in [-0.39, 0.29) is 16.8 Å². The molecular weight excluding hydrogens is 360 g/mol. The van der Waals surface area contributed by atoms with Crippen LogP contribution in [0.2, 0.25) is 0 Å². The van der Waals surface area contributed by atoms with Crippen molar-refractivity contribution in [2.45, 2.75) is 24.6 Å². The van der Waals surface area contributed by atoms with Crippen LogP contribution in [0.3, 0.4) is 0 Å². The van der Waals surface area contributed by atoms with E-state index in [1.165, 1.54) is 24.3 Å². The molecule has 0 amide bonds. The lowest BCUT2D eigenvalue weighted by Crippen LogP contribution is -2.45. The molecule has 1 atom stereocenters. The summed E-state index contributed by atoms with van der Waals surface area (Å²) in [7, 11) is 0. The van der Waals surface area contributed by atoms with Crippen molar-refractivity contribution in [1.82, 2.24) is 10.2 Å². The molecule has 1 aromatic carbocycles. The summed E-state index contributed by atoms with van der Waals surface area (Å²) < 4.78 is 79.7. The Kier molecular flexibility index (Phi) is 3.74. The Labute approximate surface area is 134 Å². The molecule has 0 saturated heterocycles. The van der Waals surface area contributed by atoms with Gasteiger partial charge in [0.15, 0.2) is 0 Å². The van der Waals surface area contributed by atoms with Crippen LogP contribution in [-0.4, -0.2) is 33.0 Å². The first-order chi connectivity index (χ1) is 11.5. The molecule has 12 heteroatoms. The third-order valence-corrected chi connectivity index (χ3v) is 3.29. The lowest BCUT2D eigenvalue weighted by Gasteiger charge is -2.22. The molecule has 0 radical (unpaired) electrons. The normalized spacial score (nSPS) is 21.2. The SMILES string of the molecule is OC1(C(F)(F)F)CC(c2ccc(-c3nnc(C(F)(F)F)o3)cc2)=NO1. The van der Waals surface area contributed by atoms with Crippen LogP contribution < -0.4 is 0 Å². The first kappa shape index (κ1) is 17.2. The number of nitrogens with zero attached hydrogens (tertiary/aromatic N) is 3. The molecule has 25 heavy (non-hydrogen) atoms. The van der Waals surface area contributed by atoms with Crippen LogP contribution in [0.25, 0.3) is 11.5 Å². The molecule has 0 aliphatic carbocycles. The zero-order valence-electron chi connectivity index (χ0n) is 11.9. The van der Waals surface area contributed by atoms with Gasteiger partial charge in [0.2, 0.25) is 5.89 Å². The van der Waals surface area contributed by atoms with Crippen molar-refractivity contribution in [3.63, 3.8) is 0 Å². The summed E-state index contributed by atoms with van der Waals surface area (Å²) >= 11 is 0. The summed E-state index contributed by atoms with van der Waals surface area (Å²) in [5.41, 5.74) is 0.129. The zero-order valence-corrected chi connectivity index (χ0v) is 11.9. The van der Waals surface area contributed by atoms with Crippen LogP contribution >= 0.6 is 0 Å². The van der Waals surface area contributed by atoms with Gasteiger partial charge in [-0.1, -0.05) is 17.3 Å². The van der Waals surface area contributed by atoms with Gasteiger partial charge in [0.05, 0.1) is 12.1 Å². The molecular formula is C13H7F6N3O3. The molecule has 1 aromatic heterocycles. The Bertz CT molecular complexity index is 812. The van der Waals surface area contributed by atoms with Gasteiger partial charge in [-0.15, -0.1) is 10.2 Å². The van der Waals surface area contributed by atoms with Crippen LogP contribution in [-0.2, 0) is 11.0 Å². The topological polar surface area (TPSA) is 80.7 Å². The van der Waals surface area contributed by atoms with E-state index in [2.05, 4.69) is 24.6 Å². The standard InChI is InChI=1S/C13H7F6N3O3/c14-12(15,16)10-21-20-9(24-10)7-3-1-6(2-4-7)8-5-11(23,25-22-8)13(17,18)19/h1-4,23H,5H2. The Morgan fingerprint density at radius 2 is 1.56 bits per heavy atom. The van der Waals surface area contributed by atoms with Gasteiger partial charge in [0, 0.05) is 5.56 Å². The second-order valence-electron chi connectivity index (χ2n) is 5.08. The van der Waals surface area contributed by atoms with E-state index in [0.29, 0.717) is 0 Å². The number of aliphatic hydroxyl groups is 1. The number of hydrogen-bond acceptors (Lipinski definition) is 6. The second kappa shape index (κ2) is 5.44. The number of benzene rings is 1. The molecule has 1 aliphatic heterocycles. The monoisotopic (exact) mass is 367 g/mol. The fourth-order valence-electron chi connectivity index (χ4n) is 1.99. The van der Waals surface area contributed by atoms with Gasteiger partial charge >= 0.3 is 24.0 Å². The number of alkyl halides is 6. The summed E-state index contributed by atoms with van der Waals surface area (Å²) in [6.07, 6.45) is -10.7. The molecule has 134 valence electrons. The minimum atomic E-state index is -5.03. The molecule has 2 heterocycles. The molecule has 0 fully saturated rings. The quantitative estimate of drug-likeness (QED) is 0.825. The summed E-state index contributed by atoms with van der Waals surface area (Å²) in [4.78, 5) is 4.08. The fourth-order valence-corrected chi connectivity index (χ4v) is 1.99. The van der Waals surface area contributed by atoms with Gasteiger partial charge in [-0.25, -0.2) is 0 Å². The third-order valence-electron chi connectivity index (χ3n) is 3.29. The van der Waals surface area contributed by atoms with Gasteiger partial charge in [-0.05, 0) is 17.7 Å². The number of rotatable bonds is 2. The van der Waals surface area contributed by atoms with Gasteiger partial charge in [-0.2, -0.15) is 26.3 Å². The van der Waals surface area contributed by atoms with Gasteiger partial charge < -0.3 is 14.4 Å². The van der Waals surface area contributed by atoms with E-state index in [4.69, 9.17) is 0 Å². The molecule has 1 unspecified atom stereocenters. The molecule has 1 aliphatic rings. The minimum absolute atomic E-state index is 0.123. The Morgan fingerprint density at radius 1 is 0.960 bits per heavy atom. The molecule has 0 bridgehead atoms. The smallest absolute Gasteiger partial charge is 0.413 e. The van der Waals surface area contributed by atoms with Crippen LogP contribution in [0.4, 0.5) is 26.3 Å². The number of hydrogen-bond donors (Lipinski definition) is 1. The Hall–Kier alpha value is -2.63. The highest BCUT2D eigenvalue weighted by Crippen LogP contribution is 2.39. The highest BCUT2D eigenvalue weighted by Gasteiger charge is 2.60. The van der Waals surface area contributed by atoms with Gasteiger partial charge in [-0.3, -0.25) is 0 Å². The molecule has 3 rings (SSSR count). The maximum atomic E-state index is 12.7. The molecule has 0 saturated carbocycles. The summed E-state index contributed by atoms with van der Waals surface area (Å²) in [6.45, 7) is 0. The first-order valence-corrected chi connectivity index (χ1v) is 6.55. The van der Waals surface area contributed by atoms with Crippen molar-refractivity contribution in [2.24, 2.45) is 5.16 Å². The van der Waals surface area contributed by atoms with Crippen LogP contribution in [0.1, 0.15) is 17.9 Å². The molecule has 6 nitrogen and oxygen atoms in total. The average molecular weight is 367 g/mol.